The number of azo groups is 1. The van der Waals surface area contributed by atoms with Gasteiger partial charge in [-0.15, -0.1) is 5.11 Å². The van der Waals surface area contributed by atoms with E-state index in [0.717, 1.165) is 11.6 Å². The summed E-state index contributed by atoms with van der Waals surface area (Å²) < 4.78 is 34.6. The van der Waals surface area contributed by atoms with Gasteiger partial charge in [0.1, 0.15) is 15.8 Å². The summed E-state index contributed by atoms with van der Waals surface area (Å²) in [7, 11) is -4.87. The number of nitrogen functional groups attached to an aromatic ring is 1. The number of nitrogens with one attached hydrogen (secondary N) is 2. The quantitative estimate of drug-likeness (QED) is 0.110. The van der Waals surface area contributed by atoms with Crippen LogP contribution in [0, 0.1) is 18.4 Å². The number of hydrogen-bond donors (Lipinski definition) is 3. The first-order chi connectivity index (χ1) is 14.7. The zero-order valence-electron chi connectivity index (χ0n) is 16.7. The number of nitriles is 1. The van der Waals surface area contributed by atoms with Crippen molar-refractivity contribution >= 4 is 56.4 Å². The monoisotopic (exact) mass is 481 g/mol. The van der Waals surface area contributed by atoms with Gasteiger partial charge in [0.25, 0.3) is 0 Å². The average molecular weight is 482 g/mol. The molecule has 0 saturated carbocycles. The van der Waals surface area contributed by atoms with Crippen LogP contribution >= 0.6 is 11.6 Å². The molecule has 3 aromatic rings. The van der Waals surface area contributed by atoms with Crippen LogP contribution in [0.5, 0.6) is 0 Å². The molecule has 0 aliphatic rings. The van der Waals surface area contributed by atoms with Crippen LogP contribution < -0.4 is 45.9 Å². The molecule has 1 aromatic heterocycles. The number of anilines is 4. The molecule has 2 aromatic carbocycles. The van der Waals surface area contributed by atoms with Crippen molar-refractivity contribution in [3.8, 4) is 6.19 Å². The molecule has 3 rings (SSSR count). The van der Waals surface area contributed by atoms with Crippen molar-refractivity contribution in [2.45, 2.75) is 11.8 Å². The maximum absolute atomic E-state index is 11.5. The number of hydrogen-bond acceptors (Lipinski definition) is 12. The van der Waals surface area contributed by atoms with E-state index in [2.05, 4.69) is 35.8 Å². The molecule has 0 unspecified atom stereocenters. The zero-order valence-corrected chi connectivity index (χ0v) is 20.3. The Morgan fingerprint density at radius 1 is 1.12 bits per heavy atom. The SMILES string of the molecule is Cc1ccc(N=Nc2cc(S(=O)(=O)[O-])c(N)cc2Nc2nc(Cl)nc(NC#N)n2)cc1.[Na+]. The standard InChI is InChI=1S/C17H14ClN9O3S.Na/c1-9-2-4-10(5-3-9)26-27-13-7-14(31(28,29)30)11(20)6-12(13)22-17-24-15(18)23-16(25-17)21-8-19;/h2-7H,20H2,1H3,(H,28,29,30)(H2,21,22,23,24,25);/q;+1/p-1. The first-order valence-electron chi connectivity index (χ1n) is 8.37. The smallest absolute Gasteiger partial charge is 0.744 e. The van der Waals surface area contributed by atoms with Gasteiger partial charge in [0.15, 0.2) is 6.19 Å². The van der Waals surface area contributed by atoms with E-state index in [4.69, 9.17) is 22.6 Å². The van der Waals surface area contributed by atoms with E-state index in [9.17, 15) is 13.0 Å². The molecule has 0 amide bonds. The number of aryl methyl sites for hydroxylation is 1. The van der Waals surface area contributed by atoms with E-state index >= 15 is 0 Å². The minimum atomic E-state index is -4.87. The summed E-state index contributed by atoms with van der Waals surface area (Å²) in [6, 6.07) is 9.21. The predicted molar refractivity (Wildman–Crippen MR) is 112 cm³/mol. The fraction of sp³-hybridized carbons (Fsp3) is 0.0588. The van der Waals surface area contributed by atoms with Crippen molar-refractivity contribution in [3.63, 3.8) is 0 Å². The third-order valence-electron chi connectivity index (χ3n) is 3.73. The fourth-order valence-electron chi connectivity index (χ4n) is 2.34. The van der Waals surface area contributed by atoms with Gasteiger partial charge in [0, 0.05) is 0 Å². The maximum atomic E-state index is 11.5. The van der Waals surface area contributed by atoms with E-state index in [1.807, 2.05) is 19.1 Å². The van der Waals surface area contributed by atoms with Crippen molar-refractivity contribution in [2.24, 2.45) is 10.2 Å². The van der Waals surface area contributed by atoms with Crippen LogP contribution in [0.2, 0.25) is 5.28 Å². The Morgan fingerprint density at radius 2 is 1.78 bits per heavy atom. The minimum absolute atomic E-state index is 0. The molecule has 0 aliphatic carbocycles. The van der Waals surface area contributed by atoms with Crippen LogP contribution in [0.1, 0.15) is 5.56 Å². The Labute approximate surface area is 210 Å². The molecule has 0 radical (unpaired) electrons. The average Bonchev–Trinajstić information content (AvgIpc) is 2.67. The summed E-state index contributed by atoms with van der Waals surface area (Å²) in [4.78, 5) is 10.9. The summed E-state index contributed by atoms with van der Waals surface area (Å²) in [5.41, 5.74) is 7.02. The van der Waals surface area contributed by atoms with Crippen molar-refractivity contribution in [1.29, 1.82) is 5.26 Å². The van der Waals surface area contributed by atoms with Gasteiger partial charge in [0.05, 0.1) is 22.0 Å². The topological polar surface area (TPSA) is 194 Å². The van der Waals surface area contributed by atoms with Crippen LogP contribution in [0.15, 0.2) is 51.5 Å². The molecule has 0 bridgehead atoms. The van der Waals surface area contributed by atoms with Gasteiger partial charge in [-0.1, -0.05) is 17.7 Å². The summed E-state index contributed by atoms with van der Waals surface area (Å²) in [6.07, 6.45) is 1.65. The first kappa shape index (κ1) is 25.4. The Hall–Kier alpha value is -2.86. The zero-order chi connectivity index (χ0) is 22.6. The Kier molecular flexibility index (Phi) is 8.44. The Balaban J connectivity index is 0.00000363. The second kappa shape index (κ2) is 10.6. The van der Waals surface area contributed by atoms with Gasteiger partial charge in [-0.25, -0.2) is 8.42 Å². The van der Waals surface area contributed by atoms with Gasteiger partial charge < -0.3 is 15.6 Å². The molecule has 4 N–H and O–H groups in total. The van der Waals surface area contributed by atoms with Crippen LogP contribution in [0.25, 0.3) is 0 Å². The molecule has 12 nitrogen and oxygen atoms in total. The van der Waals surface area contributed by atoms with Crippen molar-refractivity contribution in [1.82, 2.24) is 15.0 Å². The van der Waals surface area contributed by atoms with Crippen LogP contribution in [0.3, 0.4) is 0 Å². The molecule has 32 heavy (non-hydrogen) atoms. The van der Waals surface area contributed by atoms with E-state index in [0.29, 0.717) is 5.69 Å². The summed E-state index contributed by atoms with van der Waals surface area (Å²) >= 11 is 5.82. The van der Waals surface area contributed by atoms with Gasteiger partial charge >= 0.3 is 29.6 Å². The number of aromatic nitrogens is 3. The summed E-state index contributed by atoms with van der Waals surface area (Å²) in [5, 5.41) is 21.5. The fourth-order valence-corrected chi connectivity index (χ4v) is 3.10. The molecule has 1 heterocycles. The molecular formula is C17H13ClN9NaO3S. The van der Waals surface area contributed by atoms with Crippen LogP contribution in [0.4, 0.5) is 34.6 Å². The van der Waals surface area contributed by atoms with Gasteiger partial charge in [-0.2, -0.15) is 25.3 Å². The van der Waals surface area contributed by atoms with E-state index in [-0.39, 0.29) is 63.8 Å². The Bertz CT molecular complexity index is 1310. The third kappa shape index (κ3) is 6.57. The van der Waals surface area contributed by atoms with Gasteiger partial charge in [0.2, 0.25) is 17.2 Å². The molecule has 15 heteroatoms. The number of halogens is 1. The normalized spacial score (nSPS) is 10.9. The second-order valence-electron chi connectivity index (χ2n) is 6.01. The molecule has 0 saturated heterocycles. The molecular weight excluding hydrogens is 469 g/mol. The van der Waals surface area contributed by atoms with Crippen LogP contribution in [-0.2, 0) is 10.1 Å². The van der Waals surface area contributed by atoms with Crippen molar-refractivity contribution in [3.05, 3.63) is 47.2 Å². The number of nitrogens with zero attached hydrogens (tertiary/aromatic N) is 6. The molecule has 158 valence electrons. The van der Waals surface area contributed by atoms with Gasteiger partial charge in [-0.05, 0) is 42.8 Å². The largest absolute Gasteiger partial charge is 1.00 e. The predicted octanol–water partition coefficient (Wildman–Crippen LogP) is 0.376. The molecule has 0 spiro atoms. The van der Waals surface area contributed by atoms with Gasteiger partial charge in [-0.3, -0.25) is 5.32 Å². The summed E-state index contributed by atoms with van der Waals surface area (Å²) in [5.74, 6) is -0.221. The summed E-state index contributed by atoms with van der Waals surface area (Å²) in [6.45, 7) is 1.91. The third-order valence-corrected chi connectivity index (χ3v) is 4.79. The molecule has 0 atom stereocenters. The van der Waals surface area contributed by atoms with E-state index in [1.54, 1.807) is 18.3 Å². The van der Waals surface area contributed by atoms with E-state index in [1.165, 1.54) is 6.07 Å². The Morgan fingerprint density at radius 3 is 2.41 bits per heavy atom. The van der Waals surface area contributed by atoms with Crippen molar-refractivity contribution < 1.29 is 42.5 Å². The number of rotatable bonds is 6. The second-order valence-corrected chi connectivity index (χ2v) is 7.70. The minimum Gasteiger partial charge on any atom is -0.744 e. The first-order valence-corrected chi connectivity index (χ1v) is 10.2. The molecule has 0 aliphatic heterocycles. The number of nitrogens with two attached hydrogens (primary N) is 1. The number of benzene rings is 2. The molecule has 0 fully saturated rings. The van der Waals surface area contributed by atoms with Crippen molar-refractivity contribution in [2.75, 3.05) is 16.4 Å². The maximum Gasteiger partial charge on any atom is 1.00 e. The van der Waals surface area contributed by atoms with E-state index < -0.39 is 15.0 Å². The van der Waals surface area contributed by atoms with Crippen LogP contribution in [-0.4, -0.2) is 27.9 Å².